The van der Waals surface area contributed by atoms with Gasteiger partial charge < -0.3 is 19.9 Å². The van der Waals surface area contributed by atoms with Crippen molar-refractivity contribution in [3.8, 4) is 0 Å². The Balaban J connectivity index is 1.25. The van der Waals surface area contributed by atoms with Crippen molar-refractivity contribution in [2.75, 3.05) is 45.9 Å². The molecule has 3 aliphatic rings. The van der Waals surface area contributed by atoms with Crippen LogP contribution >= 0.6 is 0 Å². The van der Waals surface area contributed by atoms with E-state index >= 15 is 0 Å². The largest absolute Gasteiger partial charge is 0.366 e. The van der Waals surface area contributed by atoms with Gasteiger partial charge in [-0.3, -0.25) is 14.7 Å². The molecule has 3 amide bonds. The van der Waals surface area contributed by atoms with Gasteiger partial charge in [-0.1, -0.05) is 12.1 Å². The summed E-state index contributed by atoms with van der Waals surface area (Å²) in [7, 11) is 0. The van der Waals surface area contributed by atoms with E-state index in [9.17, 15) is 14.0 Å². The maximum Gasteiger partial charge on any atom is 0.320 e. The number of amides is 3. The maximum atomic E-state index is 13.5. The first-order chi connectivity index (χ1) is 16.1. The molecule has 3 saturated heterocycles. The molecule has 5 rings (SSSR count). The summed E-state index contributed by atoms with van der Waals surface area (Å²) in [6, 6.07) is 10.4. The number of halogens is 1. The van der Waals surface area contributed by atoms with Gasteiger partial charge in [0.2, 0.25) is 5.91 Å². The number of morpholine rings is 1. The number of piperazine rings is 1. The molecule has 3 aliphatic heterocycles. The second kappa shape index (κ2) is 9.44. The van der Waals surface area contributed by atoms with Gasteiger partial charge in [0.25, 0.3) is 0 Å². The van der Waals surface area contributed by atoms with Crippen LogP contribution in [0.1, 0.15) is 23.6 Å². The second-order valence-electron chi connectivity index (χ2n) is 8.80. The molecule has 0 spiro atoms. The SMILES string of the molecule is O=C1COC2CCN(C(=O)N3CCN(C(c4ccncc4)c4ccc(F)cc4)CC3)CC2N1. The Labute approximate surface area is 192 Å². The van der Waals surface area contributed by atoms with Gasteiger partial charge in [-0.15, -0.1) is 0 Å². The number of ether oxygens (including phenoxy) is 1. The molecule has 3 atom stereocenters. The lowest BCUT2D eigenvalue weighted by Gasteiger charge is -2.44. The molecule has 174 valence electrons. The van der Waals surface area contributed by atoms with Crippen LogP contribution in [0.5, 0.6) is 0 Å². The van der Waals surface area contributed by atoms with Crippen LogP contribution in [0, 0.1) is 5.82 Å². The van der Waals surface area contributed by atoms with Crippen LogP contribution in [0.15, 0.2) is 48.8 Å². The quantitative estimate of drug-likeness (QED) is 0.765. The van der Waals surface area contributed by atoms with E-state index in [1.807, 2.05) is 34.1 Å². The van der Waals surface area contributed by atoms with E-state index in [4.69, 9.17) is 4.74 Å². The third-order valence-electron chi connectivity index (χ3n) is 6.75. The fourth-order valence-corrected chi connectivity index (χ4v) is 5.05. The van der Waals surface area contributed by atoms with E-state index in [0.717, 1.165) is 17.5 Å². The Morgan fingerprint density at radius 3 is 2.42 bits per heavy atom. The molecule has 33 heavy (non-hydrogen) atoms. The zero-order chi connectivity index (χ0) is 22.8. The van der Waals surface area contributed by atoms with Crippen LogP contribution in [0.3, 0.4) is 0 Å². The van der Waals surface area contributed by atoms with Crippen molar-refractivity contribution in [3.63, 3.8) is 0 Å². The first-order valence-corrected chi connectivity index (χ1v) is 11.4. The number of likely N-dealkylation sites (tertiary alicyclic amines) is 1. The van der Waals surface area contributed by atoms with Crippen molar-refractivity contribution in [1.82, 2.24) is 25.0 Å². The number of rotatable bonds is 3. The summed E-state index contributed by atoms with van der Waals surface area (Å²) in [4.78, 5) is 35.0. The number of carbonyl (C=O) groups excluding carboxylic acids is 2. The van der Waals surface area contributed by atoms with E-state index in [0.29, 0.717) is 39.3 Å². The summed E-state index contributed by atoms with van der Waals surface area (Å²) < 4.78 is 19.1. The molecule has 4 heterocycles. The van der Waals surface area contributed by atoms with Gasteiger partial charge in [0, 0.05) is 51.7 Å². The molecule has 0 radical (unpaired) electrons. The number of benzene rings is 1. The lowest BCUT2D eigenvalue weighted by molar-refractivity contribution is -0.139. The molecule has 8 nitrogen and oxygen atoms in total. The number of pyridine rings is 1. The van der Waals surface area contributed by atoms with Crippen LogP contribution in [0.2, 0.25) is 0 Å². The average Bonchev–Trinajstić information content (AvgIpc) is 2.85. The van der Waals surface area contributed by atoms with Crippen molar-refractivity contribution < 1.29 is 18.7 Å². The van der Waals surface area contributed by atoms with Crippen molar-refractivity contribution in [3.05, 3.63) is 65.7 Å². The number of aromatic nitrogens is 1. The van der Waals surface area contributed by atoms with Gasteiger partial charge in [-0.05, 0) is 41.8 Å². The molecule has 1 aromatic heterocycles. The zero-order valence-electron chi connectivity index (χ0n) is 18.4. The van der Waals surface area contributed by atoms with E-state index in [1.165, 1.54) is 12.1 Å². The molecule has 9 heteroatoms. The molecule has 1 aromatic carbocycles. The fraction of sp³-hybridized carbons (Fsp3) is 0.458. The molecule has 3 unspecified atom stereocenters. The number of hydrogen-bond acceptors (Lipinski definition) is 5. The summed E-state index contributed by atoms with van der Waals surface area (Å²) in [6.45, 7) is 3.83. The van der Waals surface area contributed by atoms with Gasteiger partial charge >= 0.3 is 6.03 Å². The highest BCUT2D eigenvalue weighted by atomic mass is 19.1. The Morgan fingerprint density at radius 2 is 1.70 bits per heavy atom. The van der Waals surface area contributed by atoms with Crippen LogP contribution in [-0.2, 0) is 9.53 Å². The molecule has 1 N–H and O–H groups in total. The molecular formula is C24H28FN5O3. The van der Waals surface area contributed by atoms with E-state index < -0.39 is 0 Å². The van der Waals surface area contributed by atoms with E-state index in [-0.39, 0.29) is 42.6 Å². The smallest absolute Gasteiger partial charge is 0.320 e. The number of nitrogens with zero attached hydrogens (tertiary/aromatic N) is 4. The topological polar surface area (TPSA) is 78.0 Å². The molecule has 3 fully saturated rings. The van der Waals surface area contributed by atoms with E-state index in [2.05, 4.69) is 15.2 Å². The third kappa shape index (κ3) is 4.69. The summed E-state index contributed by atoms with van der Waals surface area (Å²) >= 11 is 0. The number of nitrogens with one attached hydrogen (secondary N) is 1. The minimum absolute atomic E-state index is 0.00941. The fourth-order valence-electron chi connectivity index (χ4n) is 5.05. The van der Waals surface area contributed by atoms with Crippen molar-refractivity contribution in [1.29, 1.82) is 0 Å². The predicted molar refractivity (Wildman–Crippen MR) is 119 cm³/mol. The van der Waals surface area contributed by atoms with E-state index in [1.54, 1.807) is 12.4 Å². The molecule has 0 bridgehead atoms. The summed E-state index contributed by atoms with van der Waals surface area (Å²) in [6.07, 6.45) is 4.25. The summed E-state index contributed by atoms with van der Waals surface area (Å²) in [5.41, 5.74) is 2.10. The van der Waals surface area contributed by atoms with Gasteiger partial charge in [-0.2, -0.15) is 0 Å². The van der Waals surface area contributed by atoms with Crippen molar-refractivity contribution in [2.45, 2.75) is 24.6 Å². The van der Waals surface area contributed by atoms with Crippen molar-refractivity contribution in [2.24, 2.45) is 0 Å². The number of piperidine rings is 1. The number of hydrogen-bond donors (Lipinski definition) is 1. The second-order valence-corrected chi connectivity index (χ2v) is 8.80. The first kappa shape index (κ1) is 21.8. The molecule has 2 aromatic rings. The minimum Gasteiger partial charge on any atom is -0.366 e. The van der Waals surface area contributed by atoms with Crippen LogP contribution in [0.4, 0.5) is 9.18 Å². The normalized spacial score (nSPS) is 24.7. The number of fused-ring (bicyclic) bond motifs is 1. The molecular weight excluding hydrogens is 425 g/mol. The Hall–Kier alpha value is -3.04. The maximum absolute atomic E-state index is 13.5. The lowest BCUT2D eigenvalue weighted by Crippen LogP contribution is -2.63. The van der Waals surface area contributed by atoms with Gasteiger partial charge in [0.05, 0.1) is 18.2 Å². The van der Waals surface area contributed by atoms with Gasteiger partial charge in [0.1, 0.15) is 12.4 Å². The first-order valence-electron chi connectivity index (χ1n) is 11.4. The van der Waals surface area contributed by atoms with Gasteiger partial charge in [-0.25, -0.2) is 9.18 Å². The van der Waals surface area contributed by atoms with Crippen LogP contribution in [0.25, 0.3) is 0 Å². The number of carbonyl (C=O) groups is 2. The molecule has 0 saturated carbocycles. The monoisotopic (exact) mass is 453 g/mol. The highest BCUT2D eigenvalue weighted by Crippen LogP contribution is 2.30. The third-order valence-corrected chi connectivity index (χ3v) is 6.75. The highest BCUT2D eigenvalue weighted by Gasteiger charge is 2.38. The van der Waals surface area contributed by atoms with Crippen molar-refractivity contribution >= 4 is 11.9 Å². The zero-order valence-corrected chi connectivity index (χ0v) is 18.4. The lowest BCUT2D eigenvalue weighted by atomic mass is 9.97. The predicted octanol–water partition coefficient (Wildman–Crippen LogP) is 1.64. The summed E-state index contributed by atoms with van der Waals surface area (Å²) in [5.74, 6) is -0.381. The Kier molecular flexibility index (Phi) is 6.24. The Morgan fingerprint density at radius 1 is 1.00 bits per heavy atom. The highest BCUT2D eigenvalue weighted by molar-refractivity contribution is 5.79. The molecule has 0 aliphatic carbocycles. The standard InChI is InChI=1S/C24H28FN5O3/c25-19-3-1-17(2-4-19)23(18-5-8-26-9-6-18)28-11-13-29(14-12-28)24(32)30-10-7-21-20(15-30)27-22(31)16-33-21/h1-6,8-9,20-21,23H,7,10-16H2,(H,27,31). The van der Waals surface area contributed by atoms with Crippen LogP contribution < -0.4 is 5.32 Å². The van der Waals surface area contributed by atoms with Gasteiger partial charge in [0.15, 0.2) is 0 Å². The minimum atomic E-state index is -0.258. The summed E-state index contributed by atoms with van der Waals surface area (Å²) in [5, 5.41) is 2.95. The van der Waals surface area contributed by atoms with Crippen LogP contribution in [-0.4, -0.2) is 89.6 Å². The average molecular weight is 454 g/mol. The Bertz CT molecular complexity index is 981. The number of urea groups is 1.